The fraction of sp³-hybridized carbons (Fsp3) is 0.538. The first kappa shape index (κ1) is 10.6. The van der Waals surface area contributed by atoms with Crippen molar-refractivity contribution in [2.75, 3.05) is 0 Å². The van der Waals surface area contributed by atoms with Crippen molar-refractivity contribution in [3.63, 3.8) is 0 Å². The van der Waals surface area contributed by atoms with Crippen LogP contribution >= 0.6 is 0 Å². The Kier molecular flexibility index (Phi) is 2.79. The zero-order valence-electron chi connectivity index (χ0n) is 9.22. The molecule has 0 heterocycles. The molecule has 0 saturated heterocycles. The highest BCUT2D eigenvalue weighted by atomic mass is 19.1. The fourth-order valence-corrected chi connectivity index (χ4v) is 2.58. The topological polar surface area (TPSA) is 26.0 Å². The first-order valence-corrected chi connectivity index (χ1v) is 5.67. The molecule has 1 nitrogen and oxygen atoms in total. The molecule has 1 aromatic carbocycles. The summed E-state index contributed by atoms with van der Waals surface area (Å²) in [6.07, 6.45) is 5.54. The molecule has 0 spiro atoms. The smallest absolute Gasteiger partial charge is 0.123 e. The fourth-order valence-electron chi connectivity index (χ4n) is 2.58. The molecule has 0 bridgehead atoms. The maximum absolute atomic E-state index is 13.2. The lowest BCUT2D eigenvalue weighted by Gasteiger charge is -2.35. The Labute approximate surface area is 90.5 Å². The standard InChI is InChI=1S/C13H18FN/c1-10-5-6-11(14)9-12(10)13(15)7-3-2-4-8-13/h5-6,9H,2-4,7-8,15H2,1H3. The maximum Gasteiger partial charge on any atom is 0.123 e. The van der Waals surface area contributed by atoms with E-state index in [0.29, 0.717) is 0 Å². The average molecular weight is 207 g/mol. The van der Waals surface area contributed by atoms with Gasteiger partial charge < -0.3 is 5.73 Å². The highest BCUT2D eigenvalue weighted by Gasteiger charge is 2.30. The van der Waals surface area contributed by atoms with Crippen molar-refractivity contribution in [1.29, 1.82) is 0 Å². The molecule has 1 aliphatic rings. The van der Waals surface area contributed by atoms with Gasteiger partial charge in [-0.05, 0) is 43.0 Å². The van der Waals surface area contributed by atoms with E-state index < -0.39 is 0 Å². The van der Waals surface area contributed by atoms with Crippen LogP contribution < -0.4 is 5.73 Å². The highest BCUT2D eigenvalue weighted by Crippen LogP contribution is 2.36. The van der Waals surface area contributed by atoms with Gasteiger partial charge in [-0.1, -0.05) is 25.3 Å². The minimum absolute atomic E-state index is 0.175. The van der Waals surface area contributed by atoms with Gasteiger partial charge in [-0.3, -0.25) is 0 Å². The summed E-state index contributed by atoms with van der Waals surface area (Å²) < 4.78 is 13.2. The minimum Gasteiger partial charge on any atom is -0.321 e. The third-order valence-corrected chi connectivity index (χ3v) is 3.48. The third kappa shape index (κ3) is 2.05. The van der Waals surface area contributed by atoms with Crippen molar-refractivity contribution in [2.24, 2.45) is 5.73 Å². The summed E-state index contributed by atoms with van der Waals surface area (Å²) in [7, 11) is 0. The van der Waals surface area contributed by atoms with Crippen LogP contribution in [-0.2, 0) is 5.54 Å². The maximum atomic E-state index is 13.2. The number of hydrogen-bond acceptors (Lipinski definition) is 1. The second kappa shape index (κ2) is 3.93. The summed E-state index contributed by atoms with van der Waals surface area (Å²) >= 11 is 0. The first-order valence-electron chi connectivity index (χ1n) is 5.67. The van der Waals surface area contributed by atoms with Crippen LogP contribution in [0.4, 0.5) is 4.39 Å². The Bertz CT molecular complexity index is 354. The Hall–Kier alpha value is -0.890. The van der Waals surface area contributed by atoms with Crippen molar-refractivity contribution in [3.8, 4) is 0 Å². The van der Waals surface area contributed by atoms with E-state index in [2.05, 4.69) is 0 Å². The molecule has 0 amide bonds. The number of aryl methyl sites for hydroxylation is 1. The molecule has 0 radical (unpaired) electrons. The zero-order chi connectivity index (χ0) is 10.9. The molecule has 82 valence electrons. The second-order valence-electron chi connectivity index (χ2n) is 4.68. The highest BCUT2D eigenvalue weighted by molar-refractivity contribution is 5.33. The number of rotatable bonds is 1. The van der Waals surface area contributed by atoms with E-state index in [-0.39, 0.29) is 11.4 Å². The minimum atomic E-state index is -0.287. The molecule has 15 heavy (non-hydrogen) atoms. The summed E-state index contributed by atoms with van der Waals surface area (Å²) in [6, 6.07) is 4.94. The second-order valence-corrected chi connectivity index (χ2v) is 4.68. The van der Waals surface area contributed by atoms with Gasteiger partial charge in [-0.15, -0.1) is 0 Å². The van der Waals surface area contributed by atoms with Gasteiger partial charge in [-0.2, -0.15) is 0 Å². The van der Waals surface area contributed by atoms with E-state index in [1.165, 1.54) is 12.5 Å². The Balaban J connectivity index is 2.38. The summed E-state index contributed by atoms with van der Waals surface area (Å²) in [4.78, 5) is 0. The van der Waals surface area contributed by atoms with E-state index in [9.17, 15) is 4.39 Å². The Morgan fingerprint density at radius 1 is 1.20 bits per heavy atom. The molecule has 2 N–H and O–H groups in total. The van der Waals surface area contributed by atoms with Gasteiger partial charge in [0.2, 0.25) is 0 Å². The molecule has 0 atom stereocenters. The van der Waals surface area contributed by atoms with Gasteiger partial charge in [0.25, 0.3) is 0 Å². The Morgan fingerprint density at radius 3 is 2.53 bits per heavy atom. The van der Waals surface area contributed by atoms with Gasteiger partial charge in [-0.25, -0.2) is 4.39 Å². The van der Waals surface area contributed by atoms with E-state index in [1.54, 1.807) is 6.07 Å². The molecule has 1 aromatic rings. The Morgan fingerprint density at radius 2 is 1.87 bits per heavy atom. The SMILES string of the molecule is Cc1ccc(F)cc1C1(N)CCCCC1. The lowest BCUT2D eigenvalue weighted by molar-refractivity contribution is 0.300. The predicted octanol–water partition coefficient (Wildman–Crippen LogP) is 3.25. The van der Waals surface area contributed by atoms with Crippen LogP contribution in [-0.4, -0.2) is 0 Å². The molecule has 0 aliphatic heterocycles. The van der Waals surface area contributed by atoms with Gasteiger partial charge in [0.05, 0.1) is 0 Å². The van der Waals surface area contributed by atoms with Crippen LogP contribution in [0.15, 0.2) is 18.2 Å². The molecule has 0 aromatic heterocycles. The number of hydrogen-bond donors (Lipinski definition) is 1. The summed E-state index contributed by atoms with van der Waals surface area (Å²) in [5.74, 6) is -0.175. The third-order valence-electron chi connectivity index (χ3n) is 3.48. The number of benzene rings is 1. The molecule has 0 unspecified atom stereocenters. The van der Waals surface area contributed by atoms with Crippen molar-refractivity contribution in [3.05, 3.63) is 35.1 Å². The molecule has 2 rings (SSSR count). The van der Waals surface area contributed by atoms with Crippen LogP contribution in [0.5, 0.6) is 0 Å². The molecular weight excluding hydrogens is 189 g/mol. The van der Waals surface area contributed by atoms with Crippen LogP contribution in [0, 0.1) is 12.7 Å². The number of halogens is 1. The van der Waals surface area contributed by atoms with Crippen LogP contribution in [0.25, 0.3) is 0 Å². The summed E-state index contributed by atoms with van der Waals surface area (Å²) in [6.45, 7) is 2.01. The van der Waals surface area contributed by atoms with E-state index in [4.69, 9.17) is 5.73 Å². The van der Waals surface area contributed by atoms with Crippen molar-refractivity contribution < 1.29 is 4.39 Å². The molecule has 1 saturated carbocycles. The lowest BCUT2D eigenvalue weighted by Crippen LogP contribution is -2.39. The molecule has 1 aliphatic carbocycles. The van der Waals surface area contributed by atoms with Gasteiger partial charge in [0.1, 0.15) is 5.82 Å². The van der Waals surface area contributed by atoms with Crippen molar-refractivity contribution in [1.82, 2.24) is 0 Å². The van der Waals surface area contributed by atoms with Crippen molar-refractivity contribution >= 4 is 0 Å². The van der Waals surface area contributed by atoms with Gasteiger partial charge >= 0.3 is 0 Å². The largest absolute Gasteiger partial charge is 0.321 e. The monoisotopic (exact) mass is 207 g/mol. The van der Waals surface area contributed by atoms with Crippen LogP contribution in [0.2, 0.25) is 0 Å². The van der Waals surface area contributed by atoms with E-state index in [0.717, 1.165) is 36.8 Å². The number of nitrogens with two attached hydrogens (primary N) is 1. The lowest BCUT2D eigenvalue weighted by atomic mass is 9.76. The van der Waals surface area contributed by atoms with Crippen molar-refractivity contribution in [2.45, 2.75) is 44.6 Å². The van der Waals surface area contributed by atoms with E-state index in [1.807, 2.05) is 13.0 Å². The normalized spacial score (nSPS) is 20.2. The van der Waals surface area contributed by atoms with Gasteiger partial charge in [0.15, 0.2) is 0 Å². The molecular formula is C13H18FN. The summed E-state index contributed by atoms with van der Waals surface area (Å²) in [5, 5.41) is 0. The van der Waals surface area contributed by atoms with Gasteiger partial charge in [0, 0.05) is 5.54 Å². The molecule has 1 fully saturated rings. The zero-order valence-corrected chi connectivity index (χ0v) is 9.22. The predicted molar refractivity (Wildman–Crippen MR) is 60.1 cm³/mol. The first-order chi connectivity index (χ1) is 7.12. The van der Waals surface area contributed by atoms with Crippen LogP contribution in [0.3, 0.4) is 0 Å². The van der Waals surface area contributed by atoms with E-state index >= 15 is 0 Å². The quantitative estimate of drug-likeness (QED) is 0.751. The average Bonchev–Trinajstić information content (AvgIpc) is 2.23. The summed E-state index contributed by atoms with van der Waals surface area (Å²) in [5.41, 5.74) is 8.21. The molecule has 2 heteroatoms. The van der Waals surface area contributed by atoms with Crippen LogP contribution in [0.1, 0.15) is 43.2 Å².